The molecule has 0 spiro atoms. The van der Waals surface area contributed by atoms with Crippen LogP contribution in [0.2, 0.25) is 0 Å². The zero-order valence-electron chi connectivity index (χ0n) is 14.7. The van der Waals surface area contributed by atoms with E-state index in [2.05, 4.69) is 17.1 Å². The molecular formula is C17H25N3O3S2. The lowest BCUT2D eigenvalue weighted by Gasteiger charge is -2.33. The van der Waals surface area contributed by atoms with E-state index in [1.165, 1.54) is 0 Å². The fourth-order valence-corrected chi connectivity index (χ4v) is 5.56. The maximum Gasteiger partial charge on any atom is 0.243 e. The Bertz CT molecular complexity index is 744. The summed E-state index contributed by atoms with van der Waals surface area (Å²) in [4.78, 5) is 15.5. The van der Waals surface area contributed by atoms with Crippen LogP contribution in [-0.2, 0) is 14.8 Å². The Morgan fingerprint density at radius 3 is 2.64 bits per heavy atom. The summed E-state index contributed by atoms with van der Waals surface area (Å²) in [5.41, 5.74) is 0.602. The standard InChI is InChI=1S/C17H25N3O3S2/c1-3-6-19-7-9-20(10-8-19)25(22,23)14-4-5-16-15(11-14)18-17(21)13(2)12-24-16/h4-5,11,13H,3,6-10,12H2,1-2H3,(H,18,21)/t13-/m0/s1. The lowest BCUT2D eigenvalue weighted by atomic mass is 10.2. The summed E-state index contributed by atoms with van der Waals surface area (Å²) in [6.07, 6.45) is 1.08. The van der Waals surface area contributed by atoms with Gasteiger partial charge in [-0.3, -0.25) is 4.79 Å². The summed E-state index contributed by atoms with van der Waals surface area (Å²) >= 11 is 1.58. The third-order valence-electron chi connectivity index (χ3n) is 4.65. The molecule has 138 valence electrons. The second-order valence-electron chi connectivity index (χ2n) is 6.60. The van der Waals surface area contributed by atoms with E-state index in [9.17, 15) is 13.2 Å². The van der Waals surface area contributed by atoms with Crippen LogP contribution in [0.3, 0.4) is 0 Å². The van der Waals surface area contributed by atoms with Gasteiger partial charge >= 0.3 is 0 Å². The van der Waals surface area contributed by atoms with Gasteiger partial charge in [0.15, 0.2) is 0 Å². The lowest BCUT2D eigenvalue weighted by Crippen LogP contribution is -2.48. The van der Waals surface area contributed by atoms with E-state index >= 15 is 0 Å². The molecule has 1 aromatic rings. The molecule has 0 radical (unpaired) electrons. The van der Waals surface area contributed by atoms with Crippen molar-refractivity contribution in [3.63, 3.8) is 0 Å². The highest BCUT2D eigenvalue weighted by atomic mass is 32.2. The molecular weight excluding hydrogens is 358 g/mol. The van der Waals surface area contributed by atoms with Gasteiger partial charge in [0.25, 0.3) is 0 Å². The smallest absolute Gasteiger partial charge is 0.243 e. The topological polar surface area (TPSA) is 69.7 Å². The van der Waals surface area contributed by atoms with Gasteiger partial charge < -0.3 is 10.2 Å². The fourth-order valence-electron chi connectivity index (χ4n) is 3.10. The summed E-state index contributed by atoms with van der Waals surface area (Å²) < 4.78 is 27.5. The van der Waals surface area contributed by atoms with E-state index in [4.69, 9.17) is 0 Å². The van der Waals surface area contributed by atoms with Gasteiger partial charge in [0.05, 0.1) is 10.6 Å². The molecule has 0 unspecified atom stereocenters. The van der Waals surface area contributed by atoms with Crippen LogP contribution in [0.25, 0.3) is 0 Å². The lowest BCUT2D eigenvalue weighted by molar-refractivity contribution is -0.118. The van der Waals surface area contributed by atoms with Crippen LogP contribution in [0.15, 0.2) is 28.0 Å². The summed E-state index contributed by atoms with van der Waals surface area (Å²) in [6, 6.07) is 5.06. The van der Waals surface area contributed by atoms with E-state index in [1.54, 1.807) is 34.3 Å². The van der Waals surface area contributed by atoms with E-state index in [0.717, 1.165) is 31.0 Å². The molecule has 1 N–H and O–H groups in total. The van der Waals surface area contributed by atoms with Crippen molar-refractivity contribution in [3.8, 4) is 0 Å². The predicted octanol–water partition coefficient (Wildman–Crippen LogP) is 2.08. The zero-order chi connectivity index (χ0) is 18.0. The number of benzene rings is 1. The van der Waals surface area contributed by atoms with Gasteiger partial charge in [0, 0.05) is 42.7 Å². The molecule has 1 atom stereocenters. The Labute approximate surface area is 154 Å². The minimum atomic E-state index is -3.53. The number of thioether (sulfide) groups is 1. The highest BCUT2D eigenvalue weighted by molar-refractivity contribution is 7.99. The quantitative estimate of drug-likeness (QED) is 0.862. The minimum Gasteiger partial charge on any atom is -0.325 e. The Morgan fingerprint density at radius 2 is 1.96 bits per heavy atom. The number of nitrogens with one attached hydrogen (secondary N) is 1. The Hall–Kier alpha value is -1.09. The molecule has 6 nitrogen and oxygen atoms in total. The number of carbonyl (C=O) groups excluding carboxylic acids is 1. The van der Waals surface area contributed by atoms with Crippen molar-refractivity contribution >= 4 is 33.4 Å². The second kappa shape index (κ2) is 7.65. The van der Waals surface area contributed by atoms with E-state index < -0.39 is 10.0 Å². The highest BCUT2D eigenvalue weighted by Crippen LogP contribution is 2.34. The third-order valence-corrected chi connectivity index (χ3v) is 7.88. The first kappa shape index (κ1) is 18.7. The molecule has 1 fully saturated rings. The highest BCUT2D eigenvalue weighted by Gasteiger charge is 2.29. The van der Waals surface area contributed by atoms with Crippen LogP contribution in [0.4, 0.5) is 5.69 Å². The molecule has 1 aromatic carbocycles. The van der Waals surface area contributed by atoms with Gasteiger partial charge in [-0.15, -0.1) is 11.8 Å². The van der Waals surface area contributed by atoms with Crippen molar-refractivity contribution in [1.29, 1.82) is 0 Å². The summed E-state index contributed by atoms with van der Waals surface area (Å²) in [6.45, 7) is 7.57. The van der Waals surface area contributed by atoms with Gasteiger partial charge in [0.2, 0.25) is 15.9 Å². The molecule has 2 heterocycles. The molecule has 25 heavy (non-hydrogen) atoms. The first-order valence-corrected chi connectivity index (χ1v) is 11.1. The summed E-state index contributed by atoms with van der Waals surface area (Å²) in [5, 5.41) is 2.86. The van der Waals surface area contributed by atoms with E-state index in [0.29, 0.717) is 24.5 Å². The number of amides is 1. The second-order valence-corrected chi connectivity index (χ2v) is 9.60. The first-order valence-electron chi connectivity index (χ1n) is 8.72. The third kappa shape index (κ3) is 4.02. The zero-order valence-corrected chi connectivity index (χ0v) is 16.3. The van der Waals surface area contributed by atoms with Crippen LogP contribution in [0.5, 0.6) is 0 Å². The van der Waals surface area contributed by atoms with Crippen LogP contribution >= 0.6 is 11.8 Å². The number of piperazine rings is 1. The molecule has 0 aromatic heterocycles. The van der Waals surface area contributed by atoms with E-state index in [1.807, 2.05) is 6.92 Å². The number of hydrogen-bond donors (Lipinski definition) is 1. The minimum absolute atomic E-state index is 0.0611. The van der Waals surface area contributed by atoms with Crippen LogP contribution in [-0.4, -0.2) is 62.0 Å². The largest absolute Gasteiger partial charge is 0.325 e. The SMILES string of the molecule is CCCN1CCN(S(=O)(=O)c2ccc3c(c2)NC(=O)[C@@H](C)CS3)CC1. The van der Waals surface area contributed by atoms with Crippen molar-refractivity contribution in [1.82, 2.24) is 9.21 Å². The molecule has 0 saturated carbocycles. The van der Waals surface area contributed by atoms with Crippen molar-refractivity contribution in [3.05, 3.63) is 18.2 Å². The molecule has 2 aliphatic rings. The molecule has 3 rings (SSSR count). The predicted molar refractivity (Wildman–Crippen MR) is 100 cm³/mol. The van der Waals surface area contributed by atoms with Crippen molar-refractivity contribution < 1.29 is 13.2 Å². The molecule has 0 bridgehead atoms. The molecule has 0 aliphatic carbocycles. The van der Waals surface area contributed by atoms with Gasteiger partial charge in [-0.25, -0.2) is 8.42 Å². The maximum absolute atomic E-state index is 13.0. The molecule has 2 aliphatic heterocycles. The van der Waals surface area contributed by atoms with Gasteiger partial charge in [-0.05, 0) is 31.2 Å². The number of hydrogen-bond acceptors (Lipinski definition) is 5. The monoisotopic (exact) mass is 383 g/mol. The Morgan fingerprint density at radius 1 is 1.24 bits per heavy atom. The average molecular weight is 384 g/mol. The molecule has 1 saturated heterocycles. The van der Waals surface area contributed by atoms with E-state index in [-0.39, 0.29) is 16.7 Å². The van der Waals surface area contributed by atoms with Crippen LogP contribution < -0.4 is 5.32 Å². The maximum atomic E-state index is 13.0. The Balaban J connectivity index is 1.80. The number of fused-ring (bicyclic) bond motifs is 1. The van der Waals surface area contributed by atoms with Crippen molar-refractivity contribution in [2.75, 3.05) is 43.8 Å². The number of rotatable bonds is 4. The first-order chi connectivity index (χ1) is 11.9. The van der Waals surface area contributed by atoms with Gasteiger partial charge in [-0.2, -0.15) is 4.31 Å². The van der Waals surface area contributed by atoms with Crippen molar-refractivity contribution in [2.45, 2.75) is 30.1 Å². The normalized spacial score (nSPS) is 23.0. The van der Waals surface area contributed by atoms with Crippen molar-refractivity contribution in [2.24, 2.45) is 5.92 Å². The number of anilines is 1. The summed E-state index contributed by atoms with van der Waals surface area (Å²) in [7, 11) is -3.53. The Kier molecular flexibility index (Phi) is 5.72. The van der Waals surface area contributed by atoms with Gasteiger partial charge in [-0.1, -0.05) is 13.8 Å². The number of nitrogens with zero attached hydrogens (tertiary/aromatic N) is 2. The summed E-state index contributed by atoms with van der Waals surface area (Å²) in [5.74, 6) is 0.544. The number of sulfonamides is 1. The van der Waals surface area contributed by atoms with Crippen LogP contribution in [0.1, 0.15) is 20.3 Å². The number of carbonyl (C=O) groups is 1. The van der Waals surface area contributed by atoms with Gasteiger partial charge in [0.1, 0.15) is 0 Å². The fraction of sp³-hybridized carbons (Fsp3) is 0.588. The van der Waals surface area contributed by atoms with Crippen LogP contribution in [0, 0.1) is 5.92 Å². The molecule has 1 amide bonds. The average Bonchev–Trinajstić information content (AvgIpc) is 2.74. The molecule has 8 heteroatoms.